The molecule has 0 aromatic heterocycles. The number of carboxylic acid groups (broad SMARTS) is 1. The van der Waals surface area contributed by atoms with Crippen molar-refractivity contribution in [3.63, 3.8) is 0 Å². The summed E-state index contributed by atoms with van der Waals surface area (Å²) < 4.78 is 0. The lowest BCUT2D eigenvalue weighted by Crippen LogP contribution is -2.47. The summed E-state index contributed by atoms with van der Waals surface area (Å²) in [5, 5.41) is 20.2. The number of hydrogen-bond acceptors (Lipinski definition) is 3. The number of carbonyl (C=O) groups is 2. The zero-order chi connectivity index (χ0) is 12.6. The van der Waals surface area contributed by atoms with E-state index in [1.54, 1.807) is 0 Å². The molecule has 0 rings (SSSR count). The van der Waals surface area contributed by atoms with Crippen LogP contribution in [0.2, 0.25) is 0 Å². The lowest BCUT2D eigenvalue weighted by molar-refractivity contribution is -0.144. The quantitative estimate of drug-likeness (QED) is 0.542. The summed E-state index contributed by atoms with van der Waals surface area (Å²) in [4.78, 5) is 22.0. The minimum absolute atomic E-state index is 0.315. The van der Waals surface area contributed by atoms with Gasteiger partial charge in [0, 0.05) is 6.42 Å². The van der Waals surface area contributed by atoms with E-state index < -0.39 is 18.1 Å². The zero-order valence-electron chi connectivity index (χ0n) is 9.90. The van der Waals surface area contributed by atoms with E-state index >= 15 is 0 Å². The number of nitrogens with one attached hydrogen (secondary N) is 1. The third kappa shape index (κ3) is 6.40. The number of aliphatic carboxylic acids is 1. The Kier molecular flexibility index (Phi) is 7.54. The van der Waals surface area contributed by atoms with E-state index in [1.807, 2.05) is 0 Å². The lowest BCUT2D eigenvalue weighted by atomic mass is 10.1. The summed E-state index contributed by atoms with van der Waals surface area (Å²) in [7, 11) is 0. The van der Waals surface area contributed by atoms with Crippen LogP contribution in [-0.2, 0) is 9.59 Å². The smallest absolute Gasteiger partial charge is 0.328 e. The average Bonchev–Trinajstić information content (AvgIpc) is 2.20. The van der Waals surface area contributed by atoms with Gasteiger partial charge in [-0.2, -0.15) is 0 Å². The molecule has 3 N–H and O–H groups in total. The third-order valence-corrected chi connectivity index (χ3v) is 2.32. The van der Waals surface area contributed by atoms with E-state index in [4.69, 9.17) is 10.2 Å². The molecule has 0 aliphatic carbocycles. The molecule has 1 amide bonds. The maximum atomic E-state index is 11.3. The number of aliphatic hydroxyl groups excluding tert-OH is 1. The second-order valence-electron chi connectivity index (χ2n) is 3.93. The molecular weight excluding hydrogens is 210 g/mol. The fraction of sp³-hybridized carbons (Fsp3) is 0.818. The highest BCUT2D eigenvalue weighted by molar-refractivity contribution is 5.83. The predicted molar refractivity (Wildman–Crippen MR) is 60.0 cm³/mol. The van der Waals surface area contributed by atoms with Gasteiger partial charge in [-0.05, 0) is 13.3 Å². The molecule has 0 spiro atoms. The molecule has 0 aromatic carbocycles. The molecule has 0 fully saturated rings. The Morgan fingerprint density at radius 2 is 1.88 bits per heavy atom. The van der Waals surface area contributed by atoms with E-state index in [0.29, 0.717) is 6.42 Å². The lowest BCUT2D eigenvalue weighted by Gasteiger charge is -2.16. The van der Waals surface area contributed by atoms with Crippen LogP contribution in [0.25, 0.3) is 0 Å². The van der Waals surface area contributed by atoms with Crippen LogP contribution in [0.3, 0.4) is 0 Å². The van der Waals surface area contributed by atoms with Gasteiger partial charge >= 0.3 is 5.97 Å². The van der Waals surface area contributed by atoms with E-state index in [-0.39, 0.29) is 5.91 Å². The highest BCUT2D eigenvalue weighted by Gasteiger charge is 2.24. The van der Waals surface area contributed by atoms with Crippen LogP contribution >= 0.6 is 0 Å². The van der Waals surface area contributed by atoms with Crippen molar-refractivity contribution >= 4 is 11.9 Å². The van der Waals surface area contributed by atoms with Gasteiger partial charge in [0.2, 0.25) is 5.91 Å². The fourth-order valence-corrected chi connectivity index (χ4v) is 1.35. The van der Waals surface area contributed by atoms with Crippen LogP contribution in [0.5, 0.6) is 0 Å². The van der Waals surface area contributed by atoms with Crippen molar-refractivity contribution in [2.45, 2.75) is 58.1 Å². The molecule has 0 aromatic rings. The summed E-state index contributed by atoms with van der Waals surface area (Å²) in [6.07, 6.45) is 3.12. The van der Waals surface area contributed by atoms with Gasteiger partial charge in [0.15, 0.2) is 6.04 Å². The Morgan fingerprint density at radius 1 is 1.25 bits per heavy atom. The summed E-state index contributed by atoms with van der Waals surface area (Å²) in [6, 6.07) is -1.21. The first-order chi connectivity index (χ1) is 7.49. The molecule has 0 heterocycles. The van der Waals surface area contributed by atoms with Gasteiger partial charge in [-0.3, -0.25) is 4.79 Å². The second-order valence-corrected chi connectivity index (χ2v) is 3.93. The van der Waals surface area contributed by atoms with Crippen molar-refractivity contribution in [3.05, 3.63) is 0 Å². The minimum atomic E-state index is -1.21. The van der Waals surface area contributed by atoms with E-state index in [2.05, 4.69) is 12.2 Å². The van der Waals surface area contributed by atoms with E-state index in [0.717, 1.165) is 25.7 Å². The number of hydrogen-bond donors (Lipinski definition) is 3. The minimum Gasteiger partial charge on any atom is -0.480 e. The number of amides is 1. The van der Waals surface area contributed by atoms with Crippen molar-refractivity contribution in [1.82, 2.24) is 5.32 Å². The highest BCUT2D eigenvalue weighted by atomic mass is 16.4. The fourth-order valence-electron chi connectivity index (χ4n) is 1.35. The molecule has 0 saturated heterocycles. The molecule has 0 saturated carbocycles. The largest absolute Gasteiger partial charge is 0.480 e. The summed E-state index contributed by atoms with van der Waals surface area (Å²) in [5.41, 5.74) is 0. The number of carboxylic acids is 1. The average molecular weight is 231 g/mol. The normalized spacial score (nSPS) is 14.2. The van der Waals surface area contributed by atoms with Crippen LogP contribution in [0.1, 0.15) is 46.0 Å². The maximum absolute atomic E-state index is 11.3. The molecule has 2 atom stereocenters. The van der Waals surface area contributed by atoms with Crippen LogP contribution in [0, 0.1) is 0 Å². The van der Waals surface area contributed by atoms with Gasteiger partial charge in [-0.15, -0.1) is 0 Å². The molecule has 0 radical (unpaired) electrons. The Hall–Kier alpha value is -1.10. The van der Waals surface area contributed by atoms with Crippen molar-refractivity contribution in [3.8, 4) is 0 Å². The Bertz CT molecular complexity index is 228. The molecular formula is C11H21NO4. The molecule has 0 aliphatic rings. The van der Waals surface area contributed by atoms with Gasteiger partial charge in [0.1, 0.15) is 0 Å². The zero-order valence-corrected chi connectivity index (χ0v) is 9.90. The monoisotopic (exact) mass is 231 g/mol. The van der Waals surface area contributed by atoms with Gasteiger partial charge in [0.25, 0.3) is 0 Å². The Balaban J connectivity index is 3.87. The van der Waals surface area contributed by atoms with Gasteiger partial charge in [-0.1, -0.05) is 26.2 Å². The van der Waals surface area contributed by atoms with Crippen molar-refractivity contribution in [2.75, 3.05) is 0 Å². The van der Waals surface area contributed by atoms with Crippen molar-refractivity contribution < 1.29 is 19.8 Å². The van der Waals surface area contributed by atoms with Crippen LogP contribution in [0.4, 0.5) is 0 Å². The topological polar surface area (TPSA) is 86.6 Å². The van der Waals surface area contributed by atoms with Crippen LogP contribution in [0.15, 0.2) is 0 Å². The molecule has 0 bridgehead atoms. The maximum Gasteiger partial charge on any atom is 0.328 e. The van der Waals surface area contributed by atoms with Crippen molar-refractivity contribution in [1.29, 1.82) is 0 Å². The van der Waals surface area contributed by atoms with E-state index in [1.165, 1.54) is 6.92 Å². The first-order valence-electron chi connectivity index (χ1n) is 5.69. The first-order valence-corrected chi connectivity index (χ1v) is 5.69. The van der Waals surface area contributed by atoms with E-state index in [9.17, 15) is 9.59 Å². The summed E-state index contributed by atoms with van der Waals surface area (Å²) in [5.74, 6) is -1.53. The van der Waals surface area contributed by atoms with Crippen LogP contribution < -0.4 is 5.32 Å². The van der Waals surface area contributed by atoms with Gasteiger partial charge in [-0.25, -0.2) is 4.79 Å². The van der Waals surface area contributed by atoms with Gasteiger partial charge < -0.3 is 15.5 Å². The van der Waals surface area contributed by atoms with Crippen molar-refractivity contribution in [2.24, 2.45) is 0 Å². The molecule has 5 nitrogen and oxygen atoms in total. The standard InChI is InChI=1S/C11H21NO4/c1-3-4-5-6-7-9(14)12-10(8(2)13)11(15)16/h8,10,13H,3-7H2,1-2H3,(H,12,14)(H,15,16)/t8-,10-/m1/s1. The SMILES string of the molecule is CCCCCCC(=O)N[C@@H](C(=O)O)[C@@H](C)O. The molecule has 0 aliphatic heterocycles. The number of unbranched alkanes of at least 4 members (excludes halogenated alkanes) is 3. The molecule has 5 heteroatoms. The third-order valence-electron chi connectivity index (χ3n) is 2.32. The number of carbonyl (C=O) groups excluding carboxylic acids is 1. The highest BCUT2D eigenvalue weighted by Crippen LogP contribution is 2.03. The second kappa shape index (κ2) is 8.10. The predicted octanol–water partition coefficient (Wildman–Crippen LogP) is 0.907. The number of aliphatic hydroxyl groups is 1. The molecule has 94 valence electrons. The van der Waals surface area contributed by atoms with Gasteiger partial charge in [0.05, 0.1) is 6.10 Å². The summed E-state index contributed by atoms with van der Waals surface area (Å²) in [6.45, 7) is 3.42. The molecule has 0 unspecified atom stereocenters. The Labute approximate surface area is 95.9 Å². The first kappa shape index (κ1) is 14.9. The summed E-state index contributed by atoms with van der Waals surface area (Å²) >= 11 is 0. The molecule has 16 heavy (non-hydrogen) atoms. The Morgan fingerprint density at radius 3 is 2.31 bits per heavy atom. The van der Waals surface area contributed by atoms with Crippen LogP contribution in [-0.4, -0.2) is 34.2 Å². The number of rotatable bonds is 8.